The van der Waals surface area contributed by atoms with Gasteiger partial charge in [-0.15, -0.1) is 0 Å². The molecule has 2 N–H and O–H groups in total. The van der Waals surface area contributed by atoms with E-state index >= 15 is 0 Å². The zero-order valence-corrected chi connectivity index (χ0v) is 8.83. The van der Waals surface area contributed by atoms with Crippen molar-refractivity contribution in [2.45, 2.75) is 19.9 Å². The molecule has 0 fully saturated rings. The second-order valence-electron chi connectivity index (χ2n) is 3.76. The minimum Gasteiger partial charge on any atom is -0.342 e. The minimum absolute atomic E-state index is 0.155. The predicted octanol–water partition coefficient (Wildman–Crippen LogP) is 2.44. The zero-order valence-electron chi connectivity index (χ0n) is 8.83. The van der Waals surface area contributed by atoms with Crippen molar-refractivity contribution in [3.05, 3.63) is 35.8 Å². The number of nitrogens with two attached hydrogens (primary N) is 1. The molecule has 2 rings (SSSR count). The summed E-state index contributed by atoms with van der Waals surface area (Å²) in [4.78, 5) is 0. The highest BCUT2D eigenvalue weighted by Crippen LogP contribution is 2.22. The van der Waals surface area contributed by atoms with Crippen LogP contribution in [0.4, 0.5) is 4.39 Å². The maximum absolute atomic E-state index is 13.6. The largest absolute Gasteiger partial charge is 0.342 e. The smallest absolute Gasteiger partial charge is 0.147 e. The number of halogens is 1. The van der Waals surface area contributed by atoms with Crippen LogP contribution in [0.1, 0.15) is 12.1 Å². The summed E-state index contributed by atoms with van der Waals surface area (Å²) in [6, 6.07) is 7.18. The van der Waals surface area contributed by atoms with E-state index < -0.39 is 0 Å². The van der Waals surface area contributed by atoms with E-state index in [1.54, 1.807) is 6.07 Å². The van der Waals surface area contributed by atoms with Crippen molar-refractivity contribution in [2.75, 3.05) is 6.54 Å². The van der Waals surface area contributed by atoms with Gasteiger partial charge in [0.2, 0.25) is 0 Å². The fourth-order valence-electron chi connectivity index (χ4n) is 1.95. The monoisotopic (exact) mass is 206 g/mol. The molecule has 0 atom stereocenters. The number of aryl methyl sites for hydroxylation is 2. The molecule has 1 aromatic carbocycles. The van der Waals surface area contributed by atoms with E-state index in [4.69, 9.17) is 5.73 Å². The number of aromatic nitrogens is 1. The normalized spacial score (nSPS) is 11.1. The molecule has 80 valence electrons. The molecule has 0 aliphatic rings. The minimum atomic E-state index is -0.155. The second kappa shape index (κ2) is 4.03. The lowest BCUT2D eigenvalue weighted by atomic mass is 10.2. The van der Waals surface area contributed by atoms with Crippen LogP contribution in [0.2, 0.25) is 0 Å². The van der Waals surface area contributed by atoms with Gasteiger partial charge in [0.15, 0.2) is 0 Å². The summed E-state index contributed by atoms with van der Waals surface area (Å²) in [5.41, 5.74) is 7.25. The van der Waals surface area contributed by atoms with Gasteiger partial charge in [-0.25, -0.2) is 4.39 Å². The lowest BCUT2D eigenvalue weighted by Crippen LogP contribution is -2.07. The maximum Gasteiger partial charge on any atom is 0.147 e. The summed E-state index contributed by atoms with van der Waals surface area (Å²) >= 11 is 0. The molecule has 3 heteroatoms. The summed E-state index contributed by atoms with van der Waals surface area (Å²) in [6.45, 7) is 3.41. The van der Waals surface area contributed by atoms with E-state index in [1.165, 1.54) is 6.07 Å². The summed E-state index contributed by atoms with van der Waals surface area (Å²) in [6.07, 6.45) is 0.874. The quantitative estimate of drug-likeness (QED) is 0.821. The molecule has 1 heterocycles. The van der Waals surface area contributed by atoms with E-state index in [2.05, 4.69) is 0 Å². The van der Waals surface area contributed by atoms with Gasteiger partial charge in [-0.05, 0) is 32.0 Å². The van der Waals surface area contributed by atoms with Crippen molar-refractivity contribution in [1.29, 1.82) is 0 Å². The zero-order chi connectivity index (χ0) is 10.8. The number of hydrogen-bond acceptors (Lipinski definition) is 1. The van der Waals surface area contributed by atoms with Crippen molar-refractivity contribution >= 4 is 10.9 Å². The number of fused-ring (bicyclic) bond motifs is 1. The number of nitrogens with zero attached hydrogens (tertiary/aromatic N) is 1. The third-order valence-corrected chi connectivity index (χ3v) is 2.66. The number of hydrogen-bond donors (Lipinski definition) is 1. The topological polar surface area (TPSA) is 30.9 Å². The number of para-hydroxylation sites is 1. The standard InChI is InChI=1S/C12H15FN2/c1-9-8-10-4-2-5-11(13)12(10)15(9)7-3-6-14/h2,4-5,8H,3,6-7,14H2,1H3. The molecule has 2 aromatic rings. The Bertz CT molecular complexity index is 474. The Morgan fingerprint density at radius 2 is 2.20 bits per heavy atom. The first-order valence-corrected chi connectivity index (χ1v) is 5.18. The van der Waals surface area contributed by atoms with Crippen LogP contribution in [0.5, 0.6) is 0 Å². The van der Waals surface area contributed by atoms with Crippen LogP contribution in [0.15, 0.2) is 24.3 Å². The lowest BCUT2D eigenvalue weighted by molar-refractivity contribution is 0.607. The summed E-state index contributed by atoms with van der Waals surface area (Å²) < 4.78 is 15.6. The summed E-state index contributed by atoms with van der Waals surface area (Å²) in [7, 11) is 0. The predicted molar refractivity (Wildman–Crippen MR) is 60.3 cm³/mol. The molecule has 0 aliphatic carbocycles. The molecule has 0 saturated heterocycles. The summed E-state index contributed by atoms with van der Waals surface area (Å²) in [5, 5.41) is 0.963. The molecule has 0 bridgehead atoms. The van der Waals surface area contributed by atoms with Crippen LogP contribution < -0.4 is 5.73 Å². The number of rotatable bonds is 3. The van der Waals surface area contributed by atoms with Crippen molar-refractivity contribution in [2.24, 2.45) is 5.73 Å². The van der Waals surface area contributed by atoms with Crippen molar-refractivity contribution in [1.82, 2.24) is 4.57 Å². The van der Waals surface area contributed by atoms with Gasteiger partial charge >= 0.3 is 0 Å². The molecule has 2 nitrogen and oxygen atoms in total. The van der Waals surface area contributed by atoms with Gasteiger partial charge in [-0.2, -0.15) is 0 Å². The highest BCUT2D eigenvalue weighted by Gasteiger charge is 2.08. The molecular weight excluding hydrogens is 191 g/mol. The van der Waals surface area contributed by atoms with Gasteiger partial charge in [0, 0.05) is 17.6 Å². The van der Waals surface area contributed by atoms with E-state index in [9.17, 15) is 4.39 Å². The first kappa shape index (κ1) is 10.2. The van der Waals surface area contributed by atoms with Crippen LogP contribution in [-0.2, 0) is 6.54 Å². The Kier molecular flexibility index (Phi) is 2.73. The third-order valence-electron chi connectivity index (χ3n) is 2.66. The molecule has 1 aromatic heterocycles. The van der Waals surface area contributed by atoms with Crippen LogP contribution in [0.25, 0.3) is 10.9 Å². The van der Waals surface area contributed by atoms with Gasteiger partial charge in [0.1, 0.15) is 5.82 Å². The highest BCUT2D eigenvalue weighted by atomic mass is 19.1. The highest BCUT2D eigenvalue weighted by molar-refractivity contribution is 5.81. The molecule has 0 spiro atoms. The fourth-order valence-corrected chi connectivity index (χ4v) is 1.95. The first-order valence-electron chi connectivity index (χ1n) is 5.18. The van der Waals surface area contributed by atoms with Gasteiger partial charge in [0.25, 0.3) is 0 Å². The van der Waals surface area contributed by atoms with E-state index in [-0.39, 0.29) is 5.82 Å². The van der Waals surface area contributed by atoms with E-state index in [0.29, 0.717) is 12.1 Å². The van der Waals surface area contributed by atoms with Gasteiger partial charge in [-0.1, -0.05) is 12.1 Å². The van der Waals surface area contributed by atoms with Gasteiger partial charge in [0.05, 0.1) is 5.52 Å². The fraction of sp³-hybridized carbons (Fsp3) is 0.333. The average molecular weight is 206 g/mol. The Morgan fingerprint density at radius 1 is 1.40 bits per heavy atom. The van der Waals surface area contributed by atoms with Crippen molar-refractivity contribution in [3.8, 4) is 0 Å². The van der Waals surface area contributed by atoms with Crippen LogP contribution in [0, 0.1) is 12.7 Å². The molecule has 0 aliphatic heterocycles. The molecule has 0 radical (unpaired) electrons. The first-order chi connectivity index (χ1) is 7.24. The maximum atomic E-state index is 13.6. The molecule has 0 unspecified atom stereocenters. The van der Waals surface area contributed by atoms with Gasteiger partial charge < -0.3 is 10.3 Å². The molecule has 0 amide bonds. The Labute approximate surface area is 88.5 Å². The van der Waals surface area contributed by atoms with Gasteiger partial charge in [-0.3, -0.25) is 0 Å². The van der Waals surface area contributed by atoms with Crippen molar-refractivity contribution in [3.63, 3.8) is 0 Å². The molecular formula is C12H15FN2. The van der Waals surface area contributed by atoms with Crippen molar-refractivity contribution < 1.29 is 4.39 Å². The Balaban J connectivity index is 2.55. The third kappa shape index (κ3) is 1.75. The number of benzene rings is 1. The molecule has 0 saturated carbocycles. The van der Waals surface area contributed by atoms with E-state index in [1.807, 2.05) is 23.6 Å². The van der Waals surface area contributed by atoms with E-state index in [0.717, 1.165) is 24.0 Å². The van der Waals surface area contributed by atoms with Crippen LogP contribution >= 0.6 is 0 Å². The molecule has 15 heavy (non-hydrogen) atoms. The lowest BCUT2D eigenvalue weighted by Gasteiger charge is -2.07. The average Bonchev–Trinajstić information content (AvgIpc) is 2.53. The SMILES string of the molecule is Cc1cc2cccc(F)c2n1CCCN. The Hall–Kier alpha value is -1.35. The van der Waals surface area contributed by atoms with Crippen LogP contribution in [0.3, 0.4) is 0 Å². The Morgan fingerprint density at radius 3 is 2.93 bits per heavy atom. The van der Waals surface area contributed by atoms with Crippen LogP contribution in [-0.4, -0.2) is 11.1 Å². The summed E-state index contributed by atoms with van der Waals surface area (Å²) in [5.74, 6) is -0.155. The second-order valence-corrected chi connectivity index (χ2v) is 3.76.